The summed E-state index contributed by atoms with van der Waals surface area (Å²) in [5.41, 5.74) is 1.07. The Morgan fingerprint density at radius 3 is 2.77 bits per heavy atom. The molecule has 2 aliphatic carbocycles. The standard InChI is InChI=1S/C15H19N3O3S/c1-17-12-10(11(16-17)14(20)21)4-7-18(13(12)19)8-15(5-6-15)22-9-2-3-9/h9H,2-8H2,1H3,(H,20,21). The molecule has 0 unspecified atom stereocenters. The van der Waals surface area contributed by atoms with Gasteiger partial charge in [0.15, 0.2) is 5.69 Å². The minimum atomic E-state index is -1.05. The fourth-order valence-corrected chi connectivity index (χ4v) is 4.88. The van der Waals surface area contributed by atoms with Gasteiger partial charge in [0.2, 0.25) is 0 Å². The Hall–Kier alpha value is -1.50. The number of thioether (sulfide) groups is 1. The zero-order valence-corrected chi connectivity index (χ0v) is 13.4. The lowest BCUT2D eigenvalue weighted by atomic mass is 10.0. The maximum Gasteiger partial charge on any atom is 0.356 e. The van der Waals surface area contributed by atoms with Crippen LogP contribution in [0.5, 0.6) is 0 Å². The van der Waals surface area contributed by atoms with Gasteiger partial charge in [0.25, 0.3) is 5.91 Å². The highest BCUT2D eigenvalue weighted by Crippen LogP contribution is 2.55. The van der Waals surface area contributed by atoms with Gasteiger partial charge in [0.05, 0.1) is 0 Å². The van der Waals surface area contributed by atoms with Gasteiger partial charge in [0, 0.05) is 35.7 Å². The average molecular weight is 321 g/mol. The molecule has 1 aromatic heterocycles. The number of aromatic carboxylic acids is 1. The van der Waals surface area contributed by atoms with Gasteiger partial charge in [0.1, 0.15) is 5.69 Å². The third-order valence-corrected chi connectivity index (χ3v) is 6.54. The maximum absolute atomic E-state index is 12.7. The first-order valence-electron chi connectivity index (χ1n) is 7.75. The average Bonchev–Trinajstić information content (AvgIpc) is 3.38. The number of hydrogen-bond donors (Lipinski definition) is 1. The van der Waals surface area contributed by atoms with Crippen LogP contribution in [0.3, 0.4) is 0 Å². The molecule has 0 aromatic carbocycles. The van der Waals surface area contributed by atoms with E-state index in [0.717, 1.165) is 11.8 Å². The molecule has 1 aliphatic heterocycles. The summed E-state index contributed by atoms with van der Waals surface area (Å²) in [4.78, 5) is 25.9. The molecule has 1 aromatic rings. The summed E-state index contributed by atoms with van der Waals surface area (Å²) in [7, 11) is 1.65. The lowest BCUT2D eigenvalue weighted by molar-refractivity contribution is 0.0688. The van der Waals surface area contributed by atoms with Crippen LogP contribution in [0.25, 0.3) is 0 Å². The van der Waals surface area contributed by atoms with Gasteiger partial charge >= 0.3 is 5.97 Å². The summed E-state index contributed by atoms with van der Waals surface area (Å²) in [6, 6.07) is 0. The van der Waals surface area contributed by atoms with Crippen molar-refractivity contribution < 1.29 is 14.7 Å². The van der Waals surface area contributed by atoms with E-state index < -0.39 is 5.97 Å². The molecule has 0 radical (unpaired) electrons. The molecule has 6 nitrogen and oxygen atoms in total. The smallest absolute Gasteiger partial charge is 0.356 e. The second-order valence-electron chi connectivity index (χ2n) is 6.58. The molecule has 1 amide bonds. The van der Waals surface area contributed by atoms with Crippen LogP contribution >= 0.6 is 11.8 Å². The number of hydrogen-bond acceptors (Lipinski definition) is 4. The van der Waals surface area contributed by atoms with Gasteiger partial charge in [-0.3, -0.25) is 9.48 Å². The van der Waals surface area contributed by atoms with E-state index in [1.165, 1.54) is 30.4 Å². The highest BCUT2D eigenvalue weighted by Gasteiger charge is 2.49. The number of fused-ring (bicyclic) bond motifs is 1. The van der Waals surface area contributed by atoms with E-state index in [1.54, 1.807) is 7.05 Å². The second-order valence-corrected chi connectivity index (χ2v) is 8.35. The van der Waals surface area contributed by atoms with Gasteiger partial charge in [-0.05, 0) is 32.1 Å². The van der Waals surface area contributed by atoms with Gasteiger partial charge in [-0.15, -0.1) is 11.8 Å². The Morgan fingerprint density at radius 2 is 2.18 bits per heavy atom. The number of carboxylic acid groups (broad SMARTS) is 1. The van der Waals surface area contributed by atoms with E-state index in [9.17, 15) is 14.7 Å². The van der Waals surface area contributed by atoms with E-state index in [4.69, 9.17) is 0 Å². The Balaban J connectivity index is 1.56. The third kappa shape index (κ3) is 2.31. The minimum Gasteiger partial charge on any atom is -0.476 e. The Morgan fingerprint density at radius 1 is 1.45 bits per heavy atom. The largest absolute Gasteiger partial charge is 0.476 e. The molecule has 22 heavy (non-hydrogen) atoms. The number of carboxylic acids is 1. The van der Waals surface area contributed by atoms with Crippen molar-refractivity contribution in [3.63, 3.8) is 0 Å². The Bertz CT molecular complexity index is 661. The number of carbonyl (C=O) groups is 2. The molecule has 0 bridgehead atoms. The highest BCUT2D eigenvalue weighted by molar-refractivity contribution is 8.01. The molecular formula is C15H19N3O3S. The van der Waals surface area contributed by atoms with Crippen molar-refractivity contribution in [1.82, 2.24) is 14.7 Å². The summed E-state index contributed by atoms with van der Waals surface area (Å²) >= 11 is 2.06. The normalized spacial score (nSPS) is 22.6. The van der Waals surface area contributed by atoms with Crippen LogP contribution in [-0.2, 0) is 13.5 Å². The Kier molecular flexibility index (Phi) is 3.04. The molecule has 0 spiro atoms. The Labute approximate surface area is 132 Å². The zero-order valence-electron chi connectivity index (χ0n) is 12.5. The molecule has 0 saturated heterocycles. The van der Waals surface area contributed by atoms with E-state index in [2.05, 4.69) is 16.9 Å². The van der Waals surface area contributed by atoms with Crippen LogP contribution in [-0.4, -0.2) is 54.7 Å². The van der Waals surface area contributed by atoms with Crippen LogP contribution in [0.4, 0.5) is 0 Å². The summed E-state index contributed by atoms with van der Waals surface area (Å²) in [5.74, 6) is -1.12. The van der Waals surface area contributed by atoms with Crippen molar-refractivity contribution in [3.05, 3.63) is 17.0 Å². The fraction of sp³-hybridized carbons (Fsp3) is 0.667. The molecule has 1 N–H and O–H groups in total. The summed E-state index contributed by atoms with van der Waals surface area (Å²) in [5, 5.41) is 14.0. The lowest BCUT2D eigenvalue weighted by Crippen LogP contribution is -2.43. The minimum absolute atomic E-state index is 0.0268. The van der Waals surface area contributed by atoms with Crippen LogP contribution in [0.2, 0.25) is 0 Å². The predicted octanol–water partition coefficient (Wildman–Crippen LogP) is 1.54. The van der Waals surface area contributed by atoms with Crippen molar-refractivity contribution in [3.8, 4) is 0 Å². The predicted molar refractivity (Wildman–Crippen MR) is 82.4 cm³/mol. The van der Waals surface area contributed by atoms with E-state index in [0.29, 0.717) is 24.2 Å². The molecule has 2 saturated carbocycles. The molecule has 3 aliphatic rings. The SMILES string of the molecule is Cn1nc(C(=O)O)c2c1C(=O)N(CC1(SC3CC3)CC1)CC2. The van der Waals surface area contributed by atoms with Gasteiger partial charge in [-0.1, -0.05) is 0 Å². The van der Waals surface area contributed by atoms with Crippen LogP contribution < -0.4 is 0 Å². The van der Waals surface area contributed by atoms with Crippen molar-refractivity contribution >= 4 is 23.6 Å². The highest BCUT2D eigenvalue weighted by atomic mass is 32.2. The molecule has 4 rings (SSSR count). The van der Waals surface area contributed by atoms with Gasteiger partial charge < -0.3 is 10.0 Å². The summed E-state index contributed by atoms with van der Waals surface area (Å²) < 4.78 is 1.70. The molecule has 7 heteroatoms. The number of rotatable bonds is 5. The zero-order chi connectivity index (χ0) is 15.5. The summed E-state index contributed by atoms with van der Waals surface area (Å²) in [6.07, 6.45) is 5.59. The number of carbonyl (C=O) groups excluding carboxylic acids is 1. The van der Waals surface area contributed by atoms with Crippen molar-refractivity contribution in [1.29, 1.82) is 0 Å². The van der Waals surface area contributed by atoms with E-state index >= 15 is 0 Å². The summed E-state index contributed by atoms with van der Waals surface area (Å²) in [6.45, 7) is 1.39. The van der Waals surface area contributed by atoms with E-state index in [1.807, 2.05) is 4.90 Å². The fourth-order valence-electron chi connectivity index (χ4n) is 3.23. The van der Waals surface area contributed by atoms with Crippen LogP contribution in [0.1, 0.15) is 52.2 Å². The van der Waals surface area contributed by atoms with Crippen molar-refractivity contribution in [2.75, 3.05) is 13.1 Å². The number of aromatic nitrogens is 2. The second kappa shape index (κ2) is 4.75. The number of nitrogens with zero attached hydrogens (tertiary/aromatic N) is 3. The topological polar surface area (TPSA) is 75.4 Å². The van der Waals surface area contributed by atoms with Gasteiger partial charge in [-0.25, -0.2) is 4.79 Å². The first-order chi connectivity index (χ1) is 10.5. The van der Waals surface area contributed by atoms with Crippen LogP contribution in [0.15, 0.2) is 0 Å². The molecular weight excluding hydrogens is 302 g/mol. The number of amides is 1. The van der Waals surface area contributed by atoms with Gasteiger partial charge in [-0.2, -0.15) is 5.10 Å². The monoisotopic (exact) mass is 321 g/mol. The van der Waals surface area contributed by atoms with Crippen molar-refractivity contribution in [2.24, 2.45) is 7.05 Å². The molecule has 118 valence electrons. The molecule has 0 atom stereocenters. The molecule has 2 heterocycles. The number of aryl methyl sites for hydroxylation is 1. The first kappa shape index (κ1) is 14.1. The van der Waals surface area contributed by atoms with Crippen molar-refractivity contribution in [2.45, 2.75) is 42.1 Å². The third-order valence-electron chi connectivity index (χ3n) is 4.70. The lowest BCUT2D eigenvalue weighted by Gasteiger charge is -2.30. The van der Waals surface area contributed by atoms with E-state index in [-0.39, 0.29) is 16.3 Å². The first-order valence-corrected chi connectivity index (χ1v) is 8.63. The molecule has 2 fully saturated rings. The van der Waals surface area contributed by atoms with Crippen LogP contribution in [0, 0.1) is 0 Å². The maximum atomic E-state index is 12.7. The quantitative estimate of drug-likeness (QED) is 0.890.